The van der Waals surface area contributed by atoms with E-state index in [4.69, 9.17) is 4.74 Å². The number of nitro groups is 1. The van der Waals surface area contributed by atoms with Crippen molar-refractivity contribution in [1.29, 1.82) is 0 Å². The molecule has 1 aromatic carbocycles. The number of nitrogens with zero attached hydrogens (tertiary/aromatic N) is 3. The fourth-order valence-electron chi connectivity index (χ4n) is 4.98. The number of amides is 2. The van der Waals surface area contributed by atoms with Crippen LogP contribution in [0.2, 0.25) is 0 Å². The maximum absolute atomic E-state index is 13.6. The van der Waals surface area contributed by atoms with Crippen molar-refractivity contribution < 1.29 is 33.9 Å². The van der Waals surface area contributed by atoms with Crippen LogP contribution in [-0.2, 0) is 43.3 Å². The molecule has 11 nitrogen and oxygen atoms in total. The number of alkyl halides is 1. The van der Waals surface area contributed by atoms with Gasteiger partial charge in [-0.1, -0.05) is 28.1 Å². The number of carboxylic acid groups (broad SMARTS) is 1. The van der Waals surface area contributed by atoms with E-state index < -0.39 is 38.6 Å². The smallest absolute Gasteiger partial charge is 0.353 e. The molecule has 0 spiro atoms. The van der Waals surface area contributed by atoms with E-state index in [1.54, 1.807) is 17.0 Å². The highest BCUT2D eigenvalue weighted by atomic mass is 79.9. The highest BCUT2D eigenvalue weighted by molar-refractivity contribution is 9.10. The van der Waals surface area contributed by atoms with Gasteiger partial charge in [0.1, 0.15) is 11.1 Å². The van der Waals surface area contributed by atoms with Gasteiger partial charge in [-0.15, -0.1) is 23.1 Å². The topological polar surface area (TPSA) is 147 Å². The maximum atomic E-state index is 13.6. The van der Waals surface area contributed by atoms with Crippen LogP contribution in [0.1, 0.15) is 40.8 Å². The summed E-state index contributed by atoms with van der Waals surface area (Å²) in [7, 11) is 0. The predicted molar refractivity (Wildman–Crippen MR) is 145 cm³/mol. The normalized spacial score (nSPS) is 22.6. The molecular weight excluding hydrogens is 614 g/mol. The maximum Gasteiger partial charge on any atom is 0.353 e. The van der Waals surface area contributed by atoms with Gasteiger partial charge in [0.2, 0.25) is 5.91 Å². The molecule has 14 heteroatoms. The van der Waals surface area contributed by atoms with Gasteiger partial charge in [-0.3, -0.25) is 29.4 Å². The quantitative estimate of drug-likeness (QED) is 0.158. The van der Waals surface area contributed by atoms with Crippen LogP contribution in [0.3, 0.4) is 0 Å². The zero-order valence-corrected chi connectivity index (χ0v) is 23.9. The molecule has 0 bridgehead atoms. The first-order valence-electron chi connectivity index (χ1n) is 11.8. The first-order valence-corrected chi connectivity index (χ1v) is 14.3. The van der Waals surface area contributed by atoms with E-state index in [2.05, 4.69) is 15.9 Å². The second kappa shape index (κ2) is 10.1. The van der Waals surface area contributed by atoms with E-state index in [9.17, 15) is 34.4 Å². The minimum atomic E-state index is -1.42. The summed E-state index contributed by atoms with van der Waals surface area (Å²) in [5.74, 6) is -2.45. The van der Waals surface area contributed by atoms with Gasteiger partial charge in [0, 0.05) is 60.1 Å². The zero-order valence-electron chi connectivity index (χ0n) is 20.7. The number of esters is 1. The lowest BCUT2D eigenvalue weighted by atomic mass is 9.89. The number of rotatable bonds is 7. The van der Waals surface area contributed by atoms with Crippen molar-refractivity contribution in [3.05, 3.63) is 71.9 Å². The molecule has 3 aliphatic heterocycles. The largest absolute Gasteiger partial charge is 0.477 e. The number of aliphatic carboxylic acids is 1. The van der Waals surface area contributed by atoms with E-state index in [0.29, 0.717) is 34.9 Å². The number of non-ortho nitro benzene ring substituents is 1. The molecular formula is C25H22BrN3O8S2. The fourth-order valence-corrected chi connectivity index (χ4v) is 8.94. The summed E-state index contributed by atoms with van der Waals surface area (Å²) in [6.45, 7) is 3.75. The minimum Gasteiger partial charge on any atom is -0.477 e. The average Bonchev–Trinajstić information content (AvgIpc) is 3.46. The SMILES string of the molecule is CC(=O)OC(c1cc2c(s1)CCN(C(C)=O)C2)C1(Br)C(=O)N2C(C(=O)O)=C(Cc3ccc([N+](=O)[O-])cc3)S[C@@H]21. The lowest BCUT2D eigenvalue weighted by molar-refractivity contribution is -0.384. The molecule has 1 aromatic heterocycles. The number of benzene rings is 1. The van der Waals surface area contributed by atoms with Crippen LogP contribution in [0.25, 0.3) is 0 Å². The number of nitro benzene ring substituents is 1. The number of allylic oxidation sites excluding steroid dienone is 1. The first kappa shape index (κ1) is 27.3. The molecule has 1 N–H and O–H groups in total. The Morgan fingerprint density at radius 2 is 1.97 bits per heavy atom. The number of carboxylic acids is 1. The molecule has 5 rings (SSSR count). The molecule has 2 amide bonds. The van der Waals surface area contributed by atoms with Crippen LogP contribution in [0.4, 0.5) is 5.69 Å². The Kier molecular flexibility index (Phi) is 7.06. The summed E-state index contributed by atoms with van der Waals surface area (Å²) in [5.41, 5.74) is 1.33. The molecule has 1 saturated heterocycles. The Bertz CT molecular complexity index is 1460. The Hall–Kier alpha value is -3.23. The van der Waals surface area contributed by atoms with Gasteiger partial charge < -0.3 is 14.7 Å². The van der Waals surface area contributed by atoms with E-state index in [1.807, 2.05) is 6.07 Å². The second-order valence-corrected chi connectivity index (χ2v) is 13.0. The highest BCUT2D eigenvalue weighted by Crippen LogP contribution is 2.61. The Balaban J connectivity index is 1.46. The van der Waals surface area contributed by atoms with Gasteiger partial charge >= 0.3 is 11.9 Å². The van der Waals surface area contributed by atoms with Crippen LogP contribution in [0.5, 0.6) is 0 Å². The molecule has 4 heterocycles. The molecule has 0 radical (unpaired) electrons. The van der Waals surface area contributed by atoms with Gasteiger partial charge in [-0.2, -0.15) is 0 Å². The van der Waals surface area contributed by atoms with Gasteiger partial charge in [0.15, 0.2) is 10.4 Å². The highest BCUT2D eigenvalue weighted by Gasteiger charge is 2.70. The summed E-state index contributed by atoms with van der Waals surface area (Å²) in [4.78, 5) is 65.4. The third-order valence-electron chi connectivity index (χ3n) is 6.87. The summed E-state index contributed by atoms with van der Waals surface area (Å²) in [5, 5.41) is 20.3. The van der Waals surface area contributed by atoms with Crippen molar-refractivity contribution in [2.75, 3.05) is 6.54 Å². The fraction of sp³-hybridized carbons (Fsp3) is 0.360. The van der Waals surface area contributed by atoms with Crippen molar-refractivity contribution in [1.82, 2.24) is 9.80 Å². The molecule has 0 aliphatic carbocycles. The van der Waals surface area contributed by atoms with Gasteiger partial charge in [0.25, 0.3) is 11.6 Å². The summed E-state index contributed by atoms with van der Waals surface area (Å²) in [6.07, 6.45) is -0.226. The Morgan fingerprint density at radius 1 is 1.28 bits per heavy atom. The van der Waals surface area contributed by atoms with Crippen LogP contribution < -0.4 is 0 Å². The average molecular weight is 637 g/mol. The van der Waals surface area contributed by atoms with Crippen molar-refractivity contribution in [2.24, 2.45) is 0 Å². The van der Waals surface area contributed by atoms with Crippen LogP contribution >= 0.6 is 39.0 Å². The van der Waals surface area contributed by atoms with Gasteiger partial charge in [-0.05, 0) is 23.6 Å². The van der Waals surface area contributed by atoms with Crippen molar-refractivity contribution >= 4 is 68.5 Å². The number of hydrogen-bond donors (Lipinski definition) is 1. The third-order valence-corrected chi connectivity index (χ3v) is 11.1. The number of ether oxygens (including phenoxy) is 1. The number of carbonyl (C=O) groups is 4. The first-order chi connectivity index (χ1) is 18.4. The number of hydrogen-bond acceptors (Lipinski definition) is 9. The number of thiophene rings is 1. The van der Waals surface area contributed by atoms with Gasteiger partial charge in [0.05, 0.1) is 4.92 Å². The van der Waals surface area contributed by atoms with Crippen LogP contribution in [-0.4, -0.2) is 59.8 Å². The molecule has 2 unspecified atom stereocenters. The molecule has 1 fully saturated rings. The summed E-state index contributed by atoms with van der Waals surface area (Å²) in [6, 6.07) is 7.63. The van der Waals surface area contributed by atoms with E-state index in [-0.39, 0.29) is 23.7 Å². The van der Waals surface area contributed by atoms with Crippen LogP contribution in [0.15, 0.2) is 40.9 Å². The Labute approximate surface area is 239 Å². The zero-order chi connectivity index (χ0) is 28.2. The Morgan fingerprint density at radius 3 is 2.56 bits per heavy atom. The molecule has 3 atom stereocenters. The van der Waals surface area contributed by atoms with Crippen molar-refractivity contribution in [2.45, 2.75) is 49.0 Å². The minimum absolute atomic E-state index is 0.0399. The monoisotopic (exact) mass is 635 g/mol. The van der Waals surface area contributed by atoms with Crippen molar-refractivity contribution in [3.8, 4) is 0 Å². The molecule has 3 aliphatic rings. The van der Waals surface area contributed by atoms with Crippen LogP contribution in [0, 0.1) is 10.1 Å². The number of halogens is 1. The summed E-state index contributed by atoms with van der Waals surface area (Å²) >= 11 is 6.17. The standard InChI is InChI=1S/C25H22BrN3O8S2/c1-12(30)27-8-7-17-15(11-27)10-19(38-17)21(37-13(2)31)25(26)23(34)28-20(22(32)33)18(39-24(25)28)9-14-3-5-16(6-4-14)29(35)36/h3-6,10,21,24H,7-9,11H2,1-2H3,(H,32,33)/t21?,24-,25?/m1/s1. The predicted octanol–water partition coefficient (Wildman–Crippen LogP) is 3.75. The number of carbonyl (C=O) groups excluding carboxylic acids is 3. The number of thioether (sulfide) groups is 1. The lowest BCUT2D eigenvalue weighted by Gasteiger charge is -2.51. The third kappa shape index (κ3) is 4.63. The summed E-state index contributed by atoms with van der Waals surface area (Å²) < 4.78 is 4.29. The van der Waals surface area contributed by atoms with Crippen molar-refractivity contribution in [3.63, 3.8) is 0 Å². The van der Waals surface area contributed by atoms with Gasteiger partial charge in [-0.25, -0.2) is 4.79 Å². The molecule has 0 saturated carbocycles. The lowest BCUT2D eigenvalue weighted by Crippen LogP contribution is -2.70. The van der Waals surface area contributed by atoms with E-state index in [0.717, 1.165) is 10.4 Å². The second-order valence-electron chi connectivity index (χ2n) is 9.37. The molecule has 2 aromatic rings. The van der Waals surface area contributed by atoms with E-state index in [1.165, 1.54) is 54.0 Å². The molecule has 204 valence electrons. The molecule has 39 heavy (non-hydrogen) atoms. The number of β-lactam (4-membered cyclic amide) rings is 1. The van der Waals surface area contributed by atoms with E-state index >= 15 is 0 Å². The number of fused-ring (bicyclic) bond motifs is 2.